The summed E-state index contributed by atoms with van der Waals surface area (Å²) in [4.78, 5) is 110. The summed E-state index contributed by atoms with van der Waals surface area (Å²) in [6.07, 6.45) is 13.8. The number of aliphatic carboxylic acids is 1. The van der Waals surface area contributed by atoms with Crippen molar-refractivity contribution in [2.24, 2.45) is 28.3 Å². The number of carboxylic acid groups (broad SMARTS) is 1. The van der Waals surface area contributed by atoms with E-state index in [9.17, 15) is 43.5 Å². The molecule has 0 unspecified atom stereocenters. The molecule has 3 fully saturated rings. The number of carboxylic acids is 1. The molecule has 0 bridgehead atoms. The minimum absolute atomic E-state index is 0.00228. The Balaban J connectivity index is 0.582. The van der Waals surface area contributed by atoms with Crippen molar-refractivity contribution in [2.45, 2.75) is 146 Å². The number of benzene rings is 1. The van der Waals surface area contributed by atoms with E-state index in [1.54, 1.807) is 41.2 Å². The lowest BCUT2D eigenvalue weighted by Gasteiger charge is -2.32. The molecule has 6 atom stereocenters. The van der Waals surface area contributed by atoms with Gasteiger partial charge in [-0.3, -0.25) is 43.3 Å². The minimum atomic E-state index is -1.56. The summed E-state index contributed by atoms with van der Waals surface area (Å²) < 4.78 is 135. The number of aliphatic imine (C=N–C) groups is 1. The smallest absolute Gasteiger partial charge is 0.305 e. The number of nitrogens with one attached hydrogen (secondary N) is 8. The van der Waals surface area contributed by atoms with Crippen LogP contribution < -0.4 is 54.0 Å². The Labute approximate surface area is 839 Å². The van der Waals surface area contributed by atoms with Gasteiger partial charge in [0.2, 0.25) is 41.2 Å². The molecule has 3 heterocycles. The number of carbonyl (C=O) groups is 8. The third-order valence-corrected chi connectivity index (χ3v) is 22.1. The lowest BCUT2D eigenvalue weighted by atomic mass is 9.82. The van der Waals surface area contributed by atoms with Crippen LogP contribution in [-0.4, -0.2) is 445 Å². The molecule has 3 aliphatic rings. The van der Waals surface area contributed by atoms with E-state index in [-0.39, 0.29) is 75.0 Å². The first-order valence-corrected chi connectivity index (χ1v) is 50.4. The standard InChI is InChI=1S/C95H163N15O33/c96-95(97)99-19-10-17-81-89(114)101-74-86(111)104-84(72-87(112)113)91(116)105-82(69-76-11-4-1-5-12-76)90(115)103-79(73-100-81)71-80-75-110(109-108-80)22-24-121-26-28-123-30-32-125-34-36-127-38-40-129-42-44-131-46-48-133-50-52-135-54-56-137-58-60-139-62-64-141-66-68-142-67-65-140-63-61-138-59-57-136-55-53-134-51-49-132-47-45-130-43-41-128-39-37-126-35-33-124-31-29-122-27-25-120-23-21-98-94(119)88(78-15-8-3-9-16-78)107-92(117)83(70-77-13-6-2-7-14-77)106-93(118)85-18-20-102-143-85/h1,4-5,11-12,18,20,75,77-79,81-84,88,100H,2-3,6-10,13-17,19,21-74H2,(H,98,119)(H,101,114)(H,103,115)(H,104,111)(H,105,116)(H,106,118)(H,107,117)(H,112,113)(H4,96,97,99)/t79-,81-,82+,83-,84-,88-/m0/s1. The van der Waals surface area contributed by atoms with Gasteiger partial charge in [-0.15, -0.1) is 5.10 Å². The van der Waals surface area contributed by atoms with Gasteiger partial charge in [0, 0.05) is 50.8 Å². The number of hydrogen-bond donors (Lipinski definition) is 11. The maximum Gasteiger partial charge on any atom is 0.305 e. The fraction of sp³-hybridized carbons (Fsp3) is 0.789. The topological polar surface area (TPSA) is 586 Å². The summed E-state index contributed by atoms with van der Waals surface area (Å²) in [5, 5.41) is 44.4. The molecule has 0 spiro atoms. The van der Waals surface area contributed by atoms with Gasteiger partial charge in [-0.25, -0.2) is 4.68 Å². The molecule has 2 aromatic heterocycles. The lowest BCUT2D eigenvalue weighted by molar-refractivity contribution is -0.141. The fourth-order valence-electron chi connectivity index (χ4n) is 14.8. The Morgan fingerprint density at radius 2 is 0.860 bits per heavy atom. The zero-order valence-electron chi connectivity index (χ0n) is 83.5. The number of rotatable bonds is 90. The van der Waals surface area contributed by atoms with Crippen molar-refractivity contribution >= 4 is 53.3 Å². The van der Waals surface area contributed by atoms with E-state index in [2.05, 4.69) is 63.0 Å². The second kappa shape index (κ2) is 85.7. The minimum Gasteiger partial charge on any atom is -0.481 e. The van der Waals surface area contributed by atoms with Crippen LogP contribution in [-0.2, 0) is 162 Å². The third-order valence-electron chi connectivity index (χ3n) is 22.1. The molecule has 2 aliphatic carbocycles. The summed E-state index contributed by atoms with van der Waals surface area (Å²) in [5.41, 5.74) is 12.2. The van der Waals surface area contributed by atoms with Crippen LogP contribution in [0, 0.1) is 11.8 Å². The van der Waals surface area contributed by atoms with E-state index < -0.39 is 84.7 Å². The van der Waals surface area contributed by atoms with Crippen molar-refractivity contribution < 1.29 is 157 Å². The van der Waals surface area contributed by atoms with Crippen LogP contribution in [0.4, 0.5) is 0 Å². The average molecular weight is 2040 g/mol. The van der Waals surface area contributed by atoms with Gasteiger partial charge in [-0.2, -0.15) is 0 Å². The number of ether oxygens (including phenoxy) is 23. The second-order valence-corrected chi connectivity index (χ2v) is 33.4. The number of hydrogen-bond acceptors (Lipinski definition) is 37. The van der Waals surface area contributed by atoms with Crippen LogP contribution in [0.1, 0.15) is 112 Å². The van der Waals surface area contributed by atoms with Crippen molar-refractivity contribution in [3.8, 4) is 0 Å². The van der Waals surface area contributed by atoms with Gasteiger partial charge in [-0.05, 0) is 49.5 Å². The third kappa shape index (κ3) is 65.8. The Kier molecular flexibility index (Phi) is 73.9. The molecule has 143 heavy (non-hydrogen) atoms. The number of amides is 7. The Morgan fingerprint density at radius 3 is 1.27 bits per heavy atom. The van der Waals surface area contributed by atoms with Crippen LogP contribution in [0.25, 0.3) is 0 Å². The number of aromatic nitrogens is 4. The van der Waals surface area contributed by atoms with Gasteiger partial charge >= 0.3 is 5.97 Å². The SMILES string of the molecule is NC(N)=NCCC[C@@H]1NC[C@H](Cc2cn(CCOCCOCCOCCOCCOCCOCCOCCOCCOCCOCCOCCOCCOCCOCCOCCOCCOCCOCCOCCOCCOCCOCCOCCNC(=O)[C@@H](NC(=O)[C@H](CC3CCCCC3)NC(=O)c3ccno3)C3CCCCC3)nn2)NC(=O)[C@@H](Cc2ccccc2)NC(=O)[C@H](CC(=O)O)NC(=O)CNC1=O. The molecule has 0 radical (unpaired) electrons. The average Bonchev–Trinajstić information content (AvgIpc) is 1.61. The number of guanidine groups is 1. The van der Waals surface area contributed by atoms with Gasteiger partial charge in [0.15, 0.2) is 5.96 Å². The van der Waals surface area contributed by atoms with Gasteiger partial charge in [0.25, 0.3) is 5.91 Å². The summed E-state index contributed by atoms with van der Waals surface area (Å²) in [6.45, 7) is 19.8. The summed E-state index contributed by atoms with van der Waals surface area (Å²) in [6, 6.07) is 4.50. The molecule has 3 aromatic rings. The molecule has 2 saturated carbocycles. The zero-order valence-corrected chi connectivity index (χ0v) is 83.5. The monoisotopic (exact) mass is 2040 g/mol. The van der Waals surface area contributed by atoms with E-state index in [0.717, 1.165) is 57.8 Å². The second-order valence-electron chi connectivity index (χ2n) is 33.4. The highest BCUT2D eigenvalue weighted by Gasteiger charge is 2.36. The van der Waals surface area contributed by atoms with Crippen molar-refractivity contribution in [1.82, 2.24) is 62.7 Å². The molecular formula is C95H163N15O33. The highest BCUT2D eigenvalue weighted by molar-refractivity contribution is 5.97. The number of nitrogens with zero attached hydrogens (tertiary/aromatic N) is 5. The molecule has 1 aromatic carbocycles. The highest BCUT2D eigenvalue weighted by atomic mass is 16.6. The summed E-state index contributed by atoms with van der Waals surface area (Å²) in [5.74, 6) is -5.12. The van der Waals surface area contributed by atoms with Gasteiger partial charge in [0.1, 0.15) is 24.2 Å². The predicted molar refractivity (Wildman–Crippen MR) is 516 cm³/mol. The molecule has 48 heteroatoms. The summed E-state index contributed by atoms with van der Waals surface area (Å²) in [7, 11) is 0. The molecule has 7 amide bonds. The van der Waals surface area contributed by atoms with Crippen molar-refractivity contribution in [1.29, 1.82) is 0 Å². The first-order valence-electron chi connectivity index (χ1n) is 50.4. The molecule has 1 aliphatic heterocycles. The van der Waals surface area contributed by atoms with Crippen molar-refractivity contribution in [2.75, 3.05) is 330 Å². The normalized spacial score (nSPS) is 16.9. The molecule has 6 rings (SSSR count). The van der Waals surface area contributed by atoms with E-state index in [0.29, 0.717) is 334 Å². The quantitative estimate of drug-likeness (QED) is 0.0192. The lowest BCUT2D eigenvalue weighted by Crippen LogP contribution is -2.57. The van der Waals surface area contributed by atoms with Gasteiger partial charge in [0.05, 0.1) is 341 Å². The Hall–Kier alpha value is -8.36. The molecule has 13 N–H and O–H groups in total. The molecule has 816 valence electrons. The van der Waals surface area contributed by atoms with Crippen LogP contribution in [0.15, 0.2) is 58.3 Å². The summed E-state index contributed by atoms with van der Waals surface area (Å²) >= 11 is 0. The number of nitrogens with two attached hydrogens (primary N) is 2. The van der Waals surface area contributed by atoms with Crippen LogP contribution >= 0.6 is 0 Å². The van der Waals surface area contributed by atoms with Crippen molar-refractivity contribution in [3.05, 3.63) is 65.8 Å². The van der Waals surface area contributed by atoms with E-state index in [1.165, 1.54) is 18.7 Å². The van der Waals surface area contributed by atoms with E-state index in [4.69, 9.17) is 125 Å². The Bertz CT molecular complexity index is 3700. The first kappa shape index (κ1) is 123. The highest BCUT2D eigenvalue weighted by Crippen LogP contribution is 2.30. The zero-order chi connectivity index (χ0) is 102. The predicted octanol–water partition coefficient (Wildman–Crippen LogP) is -0.546. The van der Waals surface area contributed by atoms with Gasteiger partial charge in [-0.1, -0.05) is 92.1 Å². The first-order chi connectivity index (χ1) is 70.2. The fourth-order valence-corrected chi connectivity index (χ4v) is 14.8. The maximum absolute atomic E-state index is 14.2. The van der Waals surface area contributed by atoms with Crippen LogP contribution in [0.3, 0.4) is 0 Å². The Morgan fingerprint density at radius 1 is 0.455 bits per heavy atom. The largest absolute Gasteiger partial charge is 0.481 e. The molecule has 1 saturated heterocycles. The molecule has 48 nitrogen and oxygen atoms in total. The van der Waals surface area contributed by atoms with E-state index >= 15 is 0 Å². The maximum atomic E-state index is 14.2. The molecular weight excluding hydrogens is 1880 g/mol. The van der Waals surface area contributed by atoms with Crippen LogP contribution in [0.5, 0.6) is 0 Å². The van der Waals surface area contributed by atoms with E-state index in [1.807, 2.05) is 0 Å². The van der Waals surface area contributed by atoms with Gasteiger partial charge < -0.3 is 173 Å². The van der Waals surface area contributed by atoms with Crippen LogP contribution in [0.2, 0.25) is 0 Å². The number of carbonyl (C=O) groups excluding carboxylic acids is 7. The van der Waals surface area contributed by atoms with Crippen molar-refractivity contribution in [3.63, 3.8) is 0 Å².